The summed E-state index contributed by atoms with van der Waals surface area (Å²) in [5.74, 6) is -1.10. The maximum atomic E-state index is 12.3. The van der Waals surface area contributed by atoms with Crippen molar-refractivity contribution in [3.63, 3.8) is 0 Å². The molecule has 1 aliphatic rings. The molecule has 2 heterocycles. The second-order valence-electron chi connectivity index (χ2n) is 4.57. The number of aromatic nitrogens is 1. The lowest BCUT2D eigenvalue weighted by atomic mass is 10.1. The largest absolute Gasteiger partial charge is 0.480 e. The molecule has 1 aromatic heterocycles. The minimum Gasteiger partial charge on any atom is -0.480 e. The number of carboxylic acid groups (broad SMARTS) is 1. The second kappa shape index (κ2) is 5.22. The van der Waals surface area contributed by atoms with Crippen molar-refractivity contribution >= 4 is 11.9 Å². The van der Waals surface area contributed by atoms with E-state index >= 15 is 0 Å². The molecule has 98 valence electrons. The van der Waals surface area contributed by atoms with Crippen LogP contribution in [0.5, 0.6) is 0 Å². The number of rotatable bonds is 3. The van der Waals surface area contributed by atoms with Gasteiger partial charge in [-0.25, -0.2) is 0 Å². The van der Waals surface area contributed by atoms with Gasteiger partial charge in [-0.15, -0.1) is 0 Å². The molecule has 0 aliphatic carbocycles. The van der Waals surface area contributed by atoms with Gasteiger partial charge in [-0.1, -0.05) is 0 Å². The van der Waals surface area contributed by atoms with E-state index in [0.717, 1.165) is 12.8 Å². The number of nitrogens with zero attached hydrogens (tertiary/aromatic N) is 2. The van der Waals surface area contributed by atoms with E-state index in [1.54, 1.807) is 23.2 Å². The fraction of sp³-hybridized carbons (Fsp3) is 0.500. The van der Waals surface area contributed by atoms with Gasteiger partial charge in [-0.3, -0.25) is 9.59 Å². The SMILES string of the molecule is NC1CCCN(C(=O)c2cccn2CC(=O)O)C1. The minimum absolute atomic E-state index is 0.0191. The molecular formula is C12H17N3O3. The number of carbonyl (C=O) groups is 2. The molecule has 1 atom stereocenters. The van der Waals surface area contributed by atoms with E-state index in [1.807, 2.05) is 0 Å². The highest BCUT2D eigenvalue weighted by Crippen LogP contribution is 2.13. The van der Waals surface area contributed by atoms with Crippen LogP contribution >= 0.6 is 0 Å². The van der Waals surface area contributed by atoms with Crippen molar-refractivity contribution in [3.05, 3.63) is 24.0 Å². The smallest absolute Gasteiger partial charge is 0.323 e. The normalized spacial score (nSPS) is 19.8. The van der Waals surface area contributed by atoms with E-state index in [9.17, 15) is 9.59 Å². The summed E-state index contributed by atoms with van der Waals surface area (Å²) >= 11 is 0. The maximum absolute atomic E-state index is 12.3. The van der Waals surface area contributed by atoms with E-state index in [2.05, 4.69) is 0 Å². The maximum Gasteiger partial charge on any atom is 0.323 e. The predicted molar refractivity (Wildman–Crippen MR) is 65.2 cm³/mol. The Morgan fingerprint density at radius 3 is 2.94 bits per heavy atom. The first-order valence-electron chi connectivity index (χ1n) is 5.99. The van der Waals surface area contributed by atoms with Crippen LogP contribution in [0, 0.1) is 0 Å². The highest BCUT2D eigenvalue weighted by atomic mass is 16.4. The van der Waals surface area contributed by atoms with Crippen LogP contribution in [0.1, 0.15) is 23.3 Å². The average Bonchev–Trinajstić information content (AvgIpc) is 2.75. The number of aliphatic carboxylic acids is 1. The van der Waals surface area contributed by atoms with Gasteiger partial charge in [0, 0.05) is 25.3 Å². The highest BCUT2D eigenvalue weighted by molar-refractivity contribution is 5.93. The third-order valence-corrected chi connectivity index (χ3v) is 3.10. The van der Waals surface area contributed by atoms with Gasteiger partial charge in [0.05, 0.1) is 0 Å². The Labute approximate surface area is 105 Å². The molecule has 6 nitrogen and oxygen atoms in total. The summed E-state index contributed by atoms with van der Waals surface area (Å²) in [4.78, 5) is 24.7. The number of carboxylic acids is 1. The Kier molecular flexibility index (Phi) is 3.66. The molecule has 6 heteroatoms. The monoisotopic (exact) mass is 251 g/mol. The molecule has 1 amide bonds. The van der Waals surface area contributed by atoms with E-state index in [4.69, 9.17) is 10.8 Å². The fourth-order valence-electron chi connectivity index (χ4n) is 2.25. The number of nitrogens with two attached hydrogens (primary N) is 1. The summed E-state index contributed by atoms with van der Waals surface area (Å²) < 4.78 is 1.45. The molecule has 1 saturated heterocycles. The van der Waals surface area contributed by atoms with Crippen LogP contribution in [-0.4, -0.2) is 45.6 Å². The second-order valence-corrected chi connectivity index (χ2v) is 4.57. The lowest BCUT2D eigenvalue weighted by molar-refractivity contribution is -0.137. The van der Waals surface area contributed by atoms with E-state index < -0.39 is 5.97 Å². The van der Waals surface area contributed by atoms with E-state index in [1.165, 1.54) is 4.57 Å². The average molecular weight is 251 g/mol. The van der Waals surface area contributed by atoms with Crippen LogP contribution in [0.15, 0.2) is 18.3 Å². The topological polar surface area (TPSA) is 88.6 Å². The molecule has 0 bridgehead atoms. The van der Waals surface area contributed by atoms with Crippen LogP contribution in [0.4, 0.5) is 0 Å². The number of carbonyl (C=O) groups excluding carboxylic acids is 1. The van der Waals surface area contributed by atoms with Crippen molar-refractivity contribution in [3.8, 4) is 0 Å². The molecule has 0 radical (unpaired) electrons. The van der Waals surface area contributed by atoms with Gasteiger partial charge in [-0.2, -0.15) is 0 Å². The first-order valence-corrected chi connectivity index (χ1v) is 5.99. The molecule has 1 aromatic rings. The lowest BCUT2D eigenvalue weighted by Gasteiger charge is -2.30. The zero-order valence-corrected chi connectivity index (χ0v) is 10.1. The van der Waals surface area contributed by atoms with Crippen LogP contribution in [0.25, 0.3) is 0 Å². The molecule has 0 aromatic carbocycles. The molecule has 0 spiro atoms. The first kappa shape index (κ1) is 12.6. The van der Waals surface area contributed by atoms with Crippen molar-refractivity contribution in [2.24, 2.45) is 5.73 Å². The molecule has 1 fully saturated rings. The number of amides is 1. The van der Waals surface area contributed by atoms with Crippen molar-refractivity contribution in [2.45, 2.75) is 25.4 Å². The first-order chi connectivity index (χ1) is 8.58. The standard InChI is InChI=1S/C12H17N3O3/c13-9-3-1-6-15(7-9)12(18)10-4-2-5-14(10)8-11(16)17/h2,4-5,9H,1,3,6-8,13H2,(H,16,17). The van der Waals surface area contributed by atoms with Crippen LogP contribution in [-0.2, 0) is 11.3 Å². The van der Waals surface area contributed by atoms with E-state index in [0.29, 0.717) is 18.8 Å². The summed E-state index contributed by atoms with van der Waals surface area (Å²) in [6, 6.07) is 3.34. The third-order valence-electron chi connectivity index (χ3n) is 3.10. The molecule has 1 aliphatic heterocycles. The fourth-order valence-corrected chi connectivity index (χ4v) is 2.25. The zero-order valence-electron chi connectivity index (χ0n) is 10.1. The number of piperidine rings is 1. The van der Waals surface area contributed by atoms with Crippen molar-refractivity contribution in [1.82, 2.24) is 9.47 Å². The van der Waals surface area contributed by atoms with Gasteiger partial charge >= 0.3 is 5.97 Å². The summed E-state index contributed by atoms with van der Waals surface area (Å²) in [5.41, 5.74) is 6.25. The summed E-state index contributed by atoms with van der Waals surface area (Å²) in [5, 5.41) is 8.78. The number of likely N-dealkylation sites (tertiary alicyclic amines) is 1. The van der Waals surface area contributed by atoms with Gasteiger partial charge in [0.2, 0.25) is 0 Å². The highest BCUT2D eigenvalue weighted by Gasteiger charge is 2.24. The summed E-state index contributed by atoms with van der Waals surface area (Å²) in [6.45, 7) is 1.02. The molecular weight excluding hydrogens is 234 g/mol. The van der Waals surface area contributed by atoms with Crippen LogP contribution in [0.3, 0.4) is 0 Å². The Morgan fingerprint density at radius 1 is 1.50 bits per heavy atom. The molecule has 1 unspecified atom stereocenters. The lowest BCUT2D eigenvalue weighted by Crippen LogP contribution is -2.46. The zero-order chi connectivity index (χ0) is 13.1. The Morgan fingerprint density at radius 2 is 2.28 bits per heavy atom. The quantitative estimate of drug-likeness (QED) is 0.799. The Hall–Kier alpha value is -1.82. The molecule has 3 N–H and O–H groups in total. The number of hydrogen-bond acceptors (Lipinski definition) is 3. The van der Waals surface area contributed by atoms with E-state index in [-0.39, 0.29) is 18.5 Å². The van der Waals surface area contributed by atoms with Crippen LogP contribution in [0.2, 0.25) is 0 Å². The molecule has 18 heavy (non-hydrogen) atoms. The molecule has 2 rings (SSSR count). The van der Waals surface area contributed by atoms with Crippen molar-refractivity contribution in [2.75, 3.05) is 13.1 Å². The van der Waals surface area contributed by atoms with Crippen molar-refractivity contribution in [1.29, 1.82) is 0 Å². The summed E-state index contributed by atoms with van der Waals surface area (Å²) in [6.07, 6.45) is 3.43. The van der Waals surface area contributed by atoms with Gasteiger partial charge in [0.25, 0.3) is 5.91 Å². The van der Waals surface area contributed by atoms with Gasteiger partial charge in [0.1, 0.15) is 12.2 Å². The summed E-state index contributed by atoms with van der Waals surface area (Å²) in [7, 11) is 0. The van der Waals surface area contributed by atoms with Crippen LogP contribution < -0.4 is 5.73 Å². The number of hydrogen-bond donors (Lipinski definition) is 2. The van der Waals surface area contributed by atoms with Gasteiger partial charge < -0.3 is 20.3 Å². The minimum atomic E-state index is -0.962. The molecule has 0 saturated carbocycles. The van der Waals surface area contributed by atoms with Crippen molar-refractivity contribution < 1.29 is 14.7 Å². The predicted octanol–water partition coefficient (Wildman–Crippen LogP) is 0.136. The Bertz CT molecular complexity index is 455. The Balaban J connectivity index is 2.13. The van der Waals surface area contributed by atoms with Gasteiger partial charge in [-0.05, 0) is 25.0 Å². The third kappa shape index (κ3) is 2.70. The van der Waals surface area contributed by atoms with Gasteiger partial charge in [0.15, 0.2) is 0 Å².